The average molecular weight is 410 g/mol. The van der Waals surface area contributed by atoms with Gasteiger partial charge in [0.15, 0.2) is 11.0 Å². The van der Waals surface area contributed by atoms with Crippen molar-refractivity contribution >= 4 is 46.3 Å². The first-order chi connectivity index (χ1) is 12.0. The Balaban J connectivity index is 1.92. The number of benzene rings is 1. The minimum Gasteiger partial charge on any atom is -0.298 e. The first-order valence-electron chi connectivity index (χ1n) is 7.67. The molecule has 1 aromatic carbocycles. The molecule has 0 saturated heterocycles. The van der Waals surface area contributed by atoms with Crippen LogP contribution in [0, 0.1) is 13.8 Å². The predicted octanol–water partition coefficient (Wildman–Crippen LogP) is 6.41. The van der Waals surface area contributed by atoms with Crippen molar-refractivity contribution < 1.29 is 0 Å². The predicted molar refractivity (Wildman–Crippen MR) is 109 cm³/mol. The van der Waals surface area contributed by atoms with Gasteiger partial charge in [-0.15, -0.1) is 28.1 Å². The van der Waals surface area contributed by atoms with E-state index in [1.807, 2.05) is 24.3 Å². The fourth-order valence-corrected chi connectivity index (χ4v) is 4.98. The molecule has 0 aliphatic heterocycles. The molecule has 2 heterocycles. The molecule has 0 atom stereocenters. The normalized spacial score (nSPS) is 11.0. The third kappa shape index (κ3) is 3.80. The maximum absolute atomic E-state index is 6.27. The lowest BCUT2D eigenvalue weighted by Crippen LogP contribution is -2.01. The zero-order valence-corrected chi connectivity index (χ0v) is 17.1. The summed E-state index contributed by atoms with van der Waals surface area (Å²) < 4.78 is 2.08. The van der Waals surface area contributed by atoms with E-state index in [4.69, 9.17) is 23.2 Å². The van der Waals surface area contributed by atoms with E-state index in [0.29, 0.717) is 22.3 Å². The Morgan fingerprint density at radius 1 is 1.24 bits per heavy atom. The summed E-state index contributed by atoms with van der Waals surface area (Å²) in [6.07, 6.45) is 1.86. The van der Waals surface area contributed by atoms with Crippen molar-refractivity contribution in [3.63, 3.8) is 0 Å². The van der Waals surface area contributed by atoms with Crippen molar-refractivity contribution in [2.45, 2.75) is 31.3 Å². The van der Waals surface area contributed by atoms with Crippen LogP contribution >= 0.6 is 46.3 Å². The lowest BCUT2D eigenvalue weighted by molar-refractivity contribution is 0.731. The highest BCUT2D eigenvalue weighted by atomic mass is 35.5. The standard InChI is InChI=1S/C18H17Cl2N3S2/c1-4-8-23-17(13-9-24-12(3)11(13)2)21-22-18(23)25-10-14-15(19)6-5-7-16(14)20/h4-7,9H,1,8,10H2,2-3H3. The van der Waals surface area contributed by atoms with Gasteiger partial charge in [-0.05, 0) is 37.1 Å². The van der Waals surface area contributed by atoms with E-state index in [2.05, 4.69) is 40.6 Å². The molecule has 130 valence electrons. The summed E-state index contributed by atoms with van der Waals surface area (Å²) >= 11 is 15.8. The Labute approximate surface area is 165 Å². The maximum Gasteiger partial charge on any atom is 0.192 e. The molecule has 0 bridgehead atoms. The molecular formula is C18H17Cl2N3S2. The van der Waals surface area contributed by atoms with Gasteiger partial charge in [0.25, 0.3) is 0 Å². The number of hydrogen-bond acceptors (Lipinski definition) is 4. The quantitative estimate of drug-likeness (QED) is 0.348. The Bertz CT molecular complexity index is 895. The van der Waals surface area contributed by atoms with Gasteiger partial charge in [-0.2, -0.15) is 0 Å². The number of aryl methyl sites for hydroxylation is 1. The number of thiophene rings is 1. The second-order valence-corrected chi connectivity index (χ2v) is 8.37. The van der Waals surface area contributed by atoms with Gasteiger partial charge in [0, 0.05) is 38.2 Å². The monoisotopic (exact) mass is 409 g/mol. The molecule has 0 amide bonds. The molecule has 3 rings (SSSR count). The van der Waals surface area contributed by atoms with Crippen LogP contribution in [0.25, 0.3) is 11.4 Å². The minimum atomic E-state index is 0.634. The Morgan fingerprint density at radius 2 is 1.96 bits per heavy atom. The summed E-state index contributed by atoms with van der Waals surface area (Å²) in [5.41, 5.74) is 3.28. The number of halogens is 2. The second kappa shape index (κ2) is 7.96. The molecule has 2 aromatic heterocycles. The molecular weight excluding hydrogens is 393 g/mol. The van der Waals surface area contributed by atoms with Gasteiger partial charge in [0.2, 0.25) is 0 Å². The summed E-state index contributed by atoms with van der Waals surface area (Å²) in [6, 6.07) is 5.54. The van der Waals surface area contributed by atoms with Gasteiger partial charge in [-0.3, -0.25) is 4.57 Å². The number of hydrogen-bond donors (Lipinski definition) is 0. The van der Waals surface area contributed by atoms with Gasteiger partial charge in [-0.1, -0.05) is 47.1 Å². The van der Waals surface area contributed by atoms with Gasteiger partial charge >= 0.3 is 0 Å². The summed E-state index contributed by atoms with van der Waals surface area (Å²) in [5.74, 6) is 1.50. The third-order valence-corrected chi connectivity index (χ3v) is 6.68. The molecule has 0 aliphatic carbocycles. The molecule has 0 aliphatic rings. The summed E-state index contributed by atoms with van der Waals surface area (Å²) in [6.45, 7) is 8.74. The van der Waals surface area contributed by atoms with Crippen LogP contribution in [-0.2, 0) is 12.3 Å². The molecule has 7 heteroatoms. The van der Waals surface area contributed by atoms with Crippen molar-refractivity contribution in [3.8, 4) is 11.4 Å². The van der Waals surface area contributed by atoms with E-state index in [9.17, 15) is 0 Å². The highest BCUT2D eigenvalue weighted by molar-refractivity contribution is 7.98. The van der Waals surface area contributed by atoms with Crippen molar-refractivity contribution in [1.82, 2.24) is 14.8 Å². The van der Waals surface area contributed by atoms with Crippen LogP contribution in [0.5, 0.6) is 0 Å². The minimum absolute atomic E-state index is 0.634. The molecule has 3 nitrogen and oxygen atoms in total. The maximum atomic E-state index is 6.27. The van der Waals surface area contributed by atoms with E-state index in [1.54, 1.807) is 23.1 Å². The zero-order chi connectivity index (χ0) is 18.0. The lowest BCUT2D eigenvalue weighted by Gasteiger charge is -2.09. The van der Waals surface area contributed by atoms with Gasteiger partial charge < -0.3 is 0 Å². The molecule has 0 radical (unpaired) electrons. The van der Waals surface area contributed by atoms with Crippen LogP contribution in [0.4, 0.5) is 0 Å². The van der Waals surface area contributed by atoms with Crippen molar-refractivity contribution in [2.75, 3.05) is 0 Å². The van der Waals surface area contributed by atoms with E-state index >= 15 is 0 Å². The molecule has 0 saturated carbocycles. The Hall–Kier alpha value is -1.27. The van der Waals surface area contributed by atoms with Crippen molar-refractivity contribution in [1.29, 1.82) is 0 Å². The summed E-state index contributed by atoms with van der Waals surface area (Å²) in [7, 11) is 0. The SMILES string of the molecule is C=CCn1c(SCc2c(Cl)cccc2Cl)nnc1-c1csc(C)c1C. The van der Waals surface area contributed by atoms with Crippen LogP contribution in [0.3, 0.4) is 0 Å². The fraction of sp³-hybridized carbons (Fsp3) is 0.222. The molecule has 0 unspecified atom stereocenters. The van der Waals surface area contributed by atoms with Crippen LogP contribution in [0.2, 0.25) is 10.0 Å². The summed E-state index contributed by atoms with van der Waals surface area (Å²) in [5, 5.41) is 13.1. The van der Waals surface area contributed by atoms with Crippen LogP contribution < -0.4 is 0 Å². The van der Waals surface area contributed by atoms with E-state index in [-0.39, 0.29) is 0 Å². The van der Waals surface area contributed by atoms with E-state index in [0.717, 1.165) is 22.1 Å². The van der Waals surface area contributed by atoms with Crippen molar-refractivity contribution in [3.05, 3.63) is 62.3 Å². The Morgan fingerprint density at radius 3 is 2.56 bits per heavy atom. The Kier molecular flexibility index (Phi) is 5.89. The fourth-order valence-electron chi connectivity index (χ4n) is 2.43. The number of allylic oxidation sites excluding steroid dienone is 1. The number of nitrogens with zero attached hydrogens (tertiary/aromatic N) is 3. The zero-order valence-electron chi connectivity index (χ0n) is 13.9. The number of thioether (sulfide) groups is 1. The lowest BCUT2D eigenvalue weighted by atomic mass is 10.1. The number of rotatable bonds is 6. The van der Waals surface area contributed by atoms with Crippen molar-refractivity contribution in [2.24, 2.45) is 0 Å². The van der Waals surface area contributed by atoms with Gasteiger partial charge in [-0.25, -0.2) is 0 Å². The van der Waals surface area contributed by atoms with E-state index in [1.165, 1.54) is 10.4 Å². The molecule has 25 heavy (non-hydrogen) atoms. The molecule has 0 N–H and O–H groups in total. The van der Waals surface area contributed by atoms with Gasteiger partial charge in [0.1, 0.15) is 0 Å². The van der Waals surface area contributed by atoms with Crippen LogP contribution in [-0.4, -0.2) is 14.8 Å². The average Bonchev–Trinajstić information content (AvgIpc) is 3.12. The third-order valence-electron chi connectivity index (χ3n) is 3.96. The highest BCUT2D eigenvalue weighted by Crippen LogP contribution is 2.34. The second-order valence-electron chi connectivity index (χ2n) is 5.52. The van der Waals surface area contributed by atoms with Crippen LogP contribution in [0.15, 0.2) is 41.4 Å². The number of aromatic nitrogens is 3. The smallest absolute Gasteiger partial charge is 0.192 e. The topological polar surface area (TPSA) is 30.7 Å². The first-order valence-corrected chi connectivity index (χ1v) is 10.3. The molecule has 3 aromatic rings. The van der Waals surface area contributed by atoms with Crippen LogP contribution in [0.1, 0.15) is 16.0 Å². The summed E-state index contributed by atoms with van der Waals surface area (Å²) in [4.78, 5) is 1.29. The molecule has 0 spiro atoms. The van der Waals surface area contributed by atoms with E-state index < -0.39 is 0 Å². The molecule has 0 fully saturated rings. The largest absolute Gasteiger partial charge is 0.298 e. The highest BCUT2D eigenvalue weighted by Gasteiger charge is 2.18. The van der Waals surface area contributed by atoms with Gasteiger partial charge in [0.05, 0.1) is 0 Å². The first kappa shape index (κ1) is 18.5.